The number of nitrogen functional groups attached to an aromatic ring is 1. The van der Waals surface area contributed by atoms with Gasteiger partial charge in [-0.05, 0) is 26.2 Å². The molecule has 0 aromatic carbocycles. The number of imidazole rings is 1. The van der Waals surface area contributed by atoms with Crippen molar-refractivity contribution in [3.05, 3.63) is 12.5 Å². The number of hydrogen-bond donors (Lipinski definition) is 2. The quantitative estimate of drug-likeness (QED) is 0.0495. The maximum Gasteiger partial charge on any atom is 0.353 e. The van der Waals surface area contributed by atoms with Crippen LogP contribution >= 0.6 is 29.2 Å². The summed E-state index contributed by atoms with van der Waals surface area (Å²) in [7, 11) is 0.0503. The van der Waals surface area contributed by atoms with Gasteiger partial charge in [0.1, 0.15) is 11.9 Å². The van der Waals surface area contributed by atoms with Gasteiger partial charge in [0.15, 0.2) is 5.65 Å². The first-order chi connectivity index (χ1) is 20.9. The molecule has 1 unspecified atom stereocenters. The van der Waals surface area contributed by atoms with Crippen LogP contribution in [0.5, 0.6) is 0 Å². The van der Waals surface area contributed by atoms with Gasteiger partial charge < -0.3 is 24.5 Å². The maximum absolute atomic E-state index is 12.3. The zero-order valence-corrected chi connectivity index (χ0v) is 29.3. The van der Waals surface area contributed by atoms with Crippen LogP contribution in [-0.4, -0.2) is 55.0 Å². The van der Waals surface area contributed by atoms with Crippen molar-refractivity contribution < 1.29 is 18.7 Å². The van der Waals surface area contributed by atoms with Crippen LogP contribution < -0.4 is 5.73 Å². The zero-order valence-electron chi connectivity index (χ0n) is 26.8. The second kappa shape index (κ2) is 24.4. The minimum Gasteiger partial charge on any atom is -0.368 e. The first-order valence-corrected chi connectivity index (χ1v) is 20.9. The lowest BCUT2D eigenvalue weighted by Crippen LogP contribution is -2.17. The summed E-state index contributed by atoms with van der Waals surface area (Å²) in [5, 5.41) is 0. The van der Waals surface area contributed by atoms with Crippen LogP contribution in [0.15, 0.2) is 12.5 Å². The Morgan fingerprint density at radius 2 is 1.40 bits per heavy atom. The van der Waals surface area contributed by atoms with Crippen molar-refractivity contribution in [2.45, 2.75) is 142 Å². The summed E-state index contributed by atoms with van der Waals surface area (Å²) in [6, 6.07) is 0. The van der Waals surface area contributed by atoms with Crippen LogP contribution in [0.4, 0.5) is 5.95 Å². The largest absolute Gasteiger partial charge is 0.368 e. The summed E-state index contributed by atoms with van der Waals surface area (Å²) in [4.78, 5) is 22.5. The second-order valence-electron chi connectivity index (χ2n) is 11.6. The normalized spacial score (nSPS) is 13.9. The van der Waals surface area contributed by atoms with Gasteiger partial charge in [0.2, 0.25) is 5.95 Å². The lowest BCUT2D eigenvalue weighted by atomic mass is 10.0. The van der Waals surface area contributed by atoms with Gasteiger partial charge >= 0.3 is 7.60 Å². The van der Waals surface area contributed by atoms with E-state index in [4.69, 9.17) is 15.0 Å². The fourth-order valence-corrected chi connectivity index (χ4v) is 8.11. The maximum atomic E-state index is 12.3. The molecule has 2 atom stereocenters. The number of fused-ring (bicyclic) bond motifs is 1. The highest BCUT2D eigenvalue weighted by Crippen LogP contribution is 2.42. The van der Waals surface area contributed by atoms with Gasteiger partial charge in [0.05, 0.1) is 31.8 Å². The molecule has 0 aliphatic rings. The molecule has 43 heavy (non-hydrogen) atoms. The van der Waals surface area contributed by atoms with Gasteiger partial charge in [-0.1, -0.05) is 125 Å². The molecule has 0 radical (unpaired) electrons. The number of ether oxygens (including phenoxy) is 1. The van der Waals surface area contributed by atoms with Crippen molar-refractivity contribution in [1.29, 1.82) is 0 Å². The summed E-state index contributed by atoms with van der Waals surface area (Å²) >= 11 is 0. The number of rotatable bonds is 29. The Bertz CT molecular complexity index is 1020. The van der Waals surface area contributed by atoms with E-state index in [0.29, 0.717) is 17.7 Å². The fraction of sp³-hybridized carbons (Fsp3) is 0.839. The van der Waals surface area contributed by atoms with Crippen LogP contribution in [0.3, 0.4) is 0 Å². The molecule has 12 heteroatoms. The first-order valence-electron chi connectivity index (χ1n) is 16.7. The summed E-state index contributed by atoms with van der Waals surface area (Å²) in [6.45, 7) is 4.79. The summed E-state index contributed by atoms with van der Waals surface area (Å²) in [5.74, 6) is 2.41. The second-order valence-corrected chi connectivity index (χ2v) is 16.1. The number of hydrogen-bond acceptors (Lipinski definition) is 9. The van der Waals surface area contributed by atoms with E-state index in [1.165, 1.54) is 108 Å². The van der Waals surface area contributed by atoms with Gasteiger partial charge in [-0.2, -0.15) is 4.98 Å². The van der Waals surface area contributed by atoms with Crippen molar-refractivity contribution in [2.24, 2.45) is 0 Å². The van der Waals surface area contributed by atoms with E-state index in [-0.39, 0.29) is 25.0 Å². The molecule has 248 valence electrons. The number of anilines is 1. The van der Waals surface area contributed by atoms with Crippen LogP contribution in [-0.2, 0) is 20.4 Å². The van der Waals surface area contributed by atoms with Gasteiger partial charge in [0.25, 0.3) is 0 Å². The fourth-order valence-electron chi connectivity index (χ4n) is 4.89. The number of unbranched alkanes of at least 4 members (excludes halogenated alkanes) is 16. The van der Waals surface area contributed by atoms with Gasteiger partial charge in [-0.3, -0.25) is 4.57 Å². The Kier molecular flexibility index (Phi) is 21.8. The molecule has 0 aliphatic carbocycles. The van der Waals surface area contributed by atoms with Gasteiger partial charge in [-0.15, -0.1) is 0 Å². The molecular weight excluding hydrogens is 601 g/mol. The monoisotopic (exact) mass is 659 g/mol. The molecule has 0 aliphatic heterocycles. The number of nitrogens with two attached hydrogens (primary N) is 1. The van der Waals surface area contributed by atoms with Crippen molar-refractivity contribution in [3.63, 3.8) is 0 Å². The topological polar surface area (TPSA) is 125 Å². The number of aromatic nitrogens is 4. The Balaban J connectivity index is 1.32. The molecule has 0 saturated carbocycles. The van der Waals surface area contributed by atoms with Crippen molar-refractivity contribution in [2.75, 3.05) is 30.2 Å². The molecular formula is C31H58N5O4PS2. The highest BCUT2D eigenvalue weighted by Gasteiger charge is 2.21. The molecule has 0 fully saturated rings. The van der Waals surface area contributed by atoms with Gasteiger partial charge in [-0.25, -0.2) is 9.97 Å². The van der Waals surface area contributed by atoms with E-state index < -0.39 is 7.60 Å². The molecule has 2 heterocycles. The summed E-state index contributed by atoms with van der Waals surface area (Å²) in [5.41, 5.74) is 6.90. The minimum atomic E-state index is -3.79. The zero-order chi connectivity index (χ0) is 31.0. The molecule has 0 bridgehead atoms. The molecule has 3 N–H and O–H groups in total. The highest BCUT2D eigenvalue weighted by molar-refractivity contribution is 8.76. The van der Waals surface area contributed by atoms with E-state index in [9.17, 15) is 9.46 Å². The molecule has 0 spiro atoms. The summed E-state index contributed by atoms with van der Waals surface area (Å²) in [6.07, 6.45) is 26.7. The minimum absolute atomic E-state index is 0.170. The van der Waals surface area contributed by atoms with Crippen LogP contribution in [0.25, 0.3) is 11.2 Å². The standard InChI is InChI=1S/C31H58N5O4PS2/c1-3-4-5-6-7-8-9-10-11-12-13-14-15-16-17-19-22-42-43-23-20-18-21-40-41(37,38)27-39-28(2)25-36-26-34-29-24-33-31(32)35-30(29)36/h24,26,28H,3-23,25,27H2,1-2H3,(H,37,38)(H2,32,33,35)/t28-/m1/s1. The van der Waals surface area contributed by atoms with E-state index in [1.54, 1.807) is 17.1 Å². The van der Waals surface area contributed by atoms with Crippen LogP contribution in [0.1, 0.15) is 129 Å². The Morgan fingerprint density at radius 3 is 1.98 bits per heavy atom. The third-order valence-corrected chi connectivity index (χ3v) is 11.1. The Morgan fingerprint density at radius 1 is 0.860 bits per heavy atom. The van der Waals surface area contributed by atoms with Crippen LogP contribution in [0, 0.1) is 0 Å². The number of nitrogens with zero attached hydrogens (tertiary/aromatic N) is 4. The van der Waals surface area contributed by atoms with E-state index in [1.807, 2.05) is 28.5 Å². The SMILES string of the molecule is CCCCCCCCCCCCCCCCCCSSCCCCOP(=O)(O)CO[C@H](C)Cn1cnc2cnc(N)nc21. The molecule has 9 nitrogen and oxygen atoms in total. The molecule has 2 rings (SSSR count). The van der Waals surface area contributed by atoms with E-state index >= 15 is 0 Å². The molecule has 2 aromatic heterocycles. The molecule has 0 amide bonds. The Hall–Kier alpha value is -0.840. The third-order valence-electron chi connectivity index (χ3n) is 7.43. The molecule has 2 aromatic rings. The van der Waals surface area contributed by atoms with Crippen molar-refractivity contribution >= 4 is 46.3 Å². The third kappa shape index (κ3) is 19.3. The lowest BCUT2D eigenvalue weighted by Gasteiger charge is -2.17. The average molecular weight is 660 g/mol. The first kappa shape index (κ1) is 38.3. The van der Waals surface area contributed by atoms with Crippen molar-refractivity contribution in [3.8, 4) is 0 Å². The Labute approximate surface area is 268 Å². The smallest absolute Gasteiger partial charge is 0.353 e. The van der Waals surface area contributed by atoms with Crippen molar-refractivity contribution in [1.82, 2.24) is 19.5 Å². The lowest BCUT2D eigenvalue weighted by molar-refractivity contribution is 0.0716. The molecule has 0 saturated heterocycles. The summed E-state index contributed by atoms with van der Waals surface area (Å²) < 4.78 is 25.0. The van der Waals surface area contributed by atoms with Crippen LogP contribution in [0.2, 0.25) is 0 Å². The van der Waals surface area contributed by atoms with E-state index in [2.05, 4.69) is 21.9 Å². The highest BCUT2D eigenvalue weighted by atomic mass is 33.1. The van der Waals surface area contributed by atoms with Gasteiger partial charge in [0, 0.05) is 11.5 Å². The predicted octanol–water partition coefficient (Wildman–Crippen LogP) is 9.40. The average Bonchev–Trinajstić information content (AvgIpc) is 3.38. The predicted molar refractivity (Wildman–Crippen MR) is 185 cm³/mol. The van der Waals surface area contributed by atoms with E-state index in [0.717, 1.165) is 18.6 Å².